The summed E-state index contributed by atoms with van der Waals surface area (Å²) in [5, 5.41) is 21.2. The lowest BCUT2D eigenvalue weighted by atomic mass is 9.96. The van der Waals surface area contributed by atoms with Gasteiger partial charge in [-0.2, -0.15) is 0 Å². The second kappa shape index (κ2) is 12.0. The van der Waals surface area contributed by atoms with E-state index in [2.05, 4.69) is 21.8 Å². The van der Waals surface area contributed by atoms with E-state index in [9.17, 15) is 14.7 Å². The van der Waals surface area contributed by atoms with Gasteiger partial charge >= 0.3 is 5.91 Å². The number of benzene rings is 2. The van der Waals surface area contributed by atoms with Gasteiger partial charge in [0.05, 0.1) is 17.3 Å². The molecule has 0 saturated carbocycles. The van der Waals surface area contributed by atoms with Crippen molar-refractivity contribution in [2.75, 3.05) is 11.5 Å². The Balaban J connectivity index is 1.42. The van der Waals surface area contributed by atoms with Crippen molar-refractivity contribution < 1.29 is 19.4 Å². The number of fused-ring (bicyclic) bond motifs is 1. The van der Waals surface area contributed by atoms with Crippen LogP contribution >= 0.6 is 34.7 Å². The number of aryl methyl sites for hydroxylation is 1. The molecule has 1 aliphatic heterocycles. The first kappa shape index (κ1) is 28.7. The molecule has 3 aromatic heterocycles. The first-order valence-corrected chi connectivity index (χ1v) is 15.3. The van der Waals surface area contributed by atoms with Crippen molar-refractivity contribution in [2.24, 2.45) is 0 Å². The predicted octanol–water partition coefficient (Wildman–Crippen LogP) is 6.63. The number of amides is 1. The second-order valence-corrected chi connectivity index (χ2v) is 12.2. The highest BCUT2D eigenvalue weighted by Gasteiger charge is 2.49. The van der Waals surface area contributed by atoms with Gasteiger partial charge in [0, 0.05) is 17.0 Å². The average Bonchev–Trinajstić information content (AvgIpc) is 3.69. The summed E-state index contributed by atoms with van der Waals surface area (Å²) in [6.07, 6.45) is 3.38. The lowest BCUT2D eigenvalue weighted by Crippen LogP contribution is -2.29. The van der Waals surface area contributed by atoms with Crippen molar-refractivity contribution in [1.29, 1.82) is 0 Å². The highest BCUT2D eigenvalue weighted by molar-refractivity contribution is 8.00. The van der Waals surface area contributed by atoms with Gasteiger partial charge in [-0.05, 0) is 54.4 Å². The summed E-state index contributed by atoms with van der Waals surface area (Å²) in [6.45, 7) is 5.74. The molecule has 0 radical (unpaired) electrons. The van der Waals surface area contributed by atoms with Gasteiger partial charge < -0.3 is 9.84 Å². The molecule has 6 rings (SSSR count). The molecule has 1 unspecified atom stereocenters. The Bertz CT molecular complexity index is 1880. The van der Waals surface area contributed by atoms with Crippen LogP contribution in [0.1, 0.15) is 28.6 Å². The zero-order chi connectivity index (χ0) is 30.1. The van der Waals surface area contributed by atoms with Gasteiger partial charge in [0.2, 0.25) is 5.13 Å². The molecule has 1 aliphatic rings. The van der Waals surface area contributed by atoms with E-state index in [1.807, 2.05) is 30.3 Å². The molecule has 0 spiro atoms. The van der Waals surface area contributed by atoms with Gasteiger partial charge in [0.25, 0.3) is 5.78 Å². The number of thioether (sulfide) groups is 1. The zero-order valence-electron chi connectivity index (χ0n) is 22.8. The van der Waals surface area contributed by atoms with E-state index in [-0.39, 0.29) is 16.5 Å². The Morgan fingerprint density at radius 1 is 1.12 bits per heavy atom. The SMILES string of the molecule is C=CCOc1ccc(C2C(=C(O)c3c(C)nc4ccccn34)C(=O)C(=O)N2c2nnc(SCc3ccc(Cl)cc3)s2)cc1. The molecule has 1 N–H and O–H groups in total. The minimum Gasteiger partial charge on any atom is -0.505 e. The third-order valence-corrected chi connectivity index (χ3v) is 9.19. The van der Waals surface area contributed by atoms with E-state index in [0.29, 0.717) is 50.1 Å². The Kier molecular flexibility index (Phi) is 8.02. The van der Waals surface area contributed by atoms with Crippen molar-refractivity contribution >= 4 is 62.9 Å². The molecular weight excluding hydrogens is 606 g/mol. The summed E-state index contributed by atoms with van der Waals surface area (Å²) >= 11 is 8.66. The topological polar surface area (TPSA) is 110 Å². The molecule has 1 amide bonds. The Morgan fingerprint density at radius 3 is 2.63 bits per heavy atom. The molecule has 1 atom stereocenters. The van der Waals surface area contributed by atoms with Crippen LogP contribution in [-0.2, 0) is 15.3 Å². The number of Topliss-reactive ketones (excluding diaryl/α,β-unsaturated/α-hetero) is 1. The monoisotopic (exact) mass is 629 g/mol. The largest absolute Gasteiger partial charge is 0.505 e. The van der Waals surface area contributed by atoms with E-state index in [0.717, 1.165) is 5.56 Å². The van der Waals surface area contributed by atoms with Gasteiger partial charge in [-0.25, -0.2) is 4.98 Å². The zero-order valence-corrected chi connectivity index (χ0v) is 25.2. The fourth-order valence-electron chi connectivity index (χ4n) is 4.86. The van der Waals surface area contributed by atoms with Crippen molar-refractivity contribution in [1.82, 2.24) is 19.6 Å². The Morgan fingerprint density at radius 2 is 1.88 bits per heavy atom. The Hall–Kier alpha value is -4.45. The summed E-state index contributed by atoms with van der Waals surface area (Å²) in [5.41, 5.74) is 3.02. The van der Waals surface area contributed by atoms with Crippen LogP contribution in [0.25, 0.3) is 11.4 Å². The number of aliphatic hydroxyl groups excluding tert-OH is 1. The Labute approximate surface area is 260 Å². The van der Waals surface area contributed by atoms with Crippen molar-refractivity contribution in [3.8, 4) is 5.75 Å². The standard InChI is InChI=1S/C31H24ClN5O4S2/c1-3-16-41-22-13-9-20(10-14-22)26-24(27(38)25-18(2)33-23-6-4-5-15-36(23)25)28(39)29(40)37(26)30-34-35-31(43-30)42-17-19-7-11-21(32)12-8-19/h3-15,26,38H,1,16-17H2,2H3. The molecular formula is C31H24ClN5O4S2. The number of ether oxygens (including phenoxy) is 1. The number of pyridine rings is 1. The maximum Gasteiger partial charge on any atom is 0.301 e. The smallest absolute Gasteiger partial charge is 0.301 e. The molecule has 5 aromatic rings. The van der Waals surface area contributed by atoms with Crippen LogP contribution in [0.3, 0.4) is 0 Å². The van der Waals surface area contributed by atoms with Gasteiger partial charge in [-0.3, -0.25) is 18.9 Å². The molecule has 1 fully saturated rings. The maximum atomic E-state index is 13.7. The van der Waals surface area contributed by atoms with Crippen LogP contribution in [0, 0.1) is 6.92 Å². The number of hydrogen-bond acceptors (Lipinski definition) is 9. The number of aliphatic hydroxyl groups is 1. The van der Waals surface area contributed by atoms with Crippen molar-refractivity contribution in [3.05, 3.63) is 119 Å². The van der Waals surface area contributed by atoms with Crippen LogP contribution in [0.5, 0.6) is 5.75 Å². The van der Waals surface area contributed by atoms with Crippen molar-refractivity contribution in [3.63, 3.8) is 0 Å². The van der Waals surface area contributed by atoms with Crippen LogP contribution in [-0.4, -0.2) is 43.0 Å². The number of aromatic nitrogens is 4. The minimum absolute atomic E-state index is 0.0657. The summed E-state index contributed by atoms with van der Waals surface area (Å²) in [5.74, 6) is -0.750. The molecule has 12 heteroatoms. The fourth-order valence-corrected chi connectivity index (χ4v) is 6.81. The number of rotatable bonds is 9. The number of hydrogen-bond donors (Lipinski definition) is 1. The van der Waals surface area contributed by atoms with Crippen LogP contribution in [0.15, 0.2) is 95.5 Å². The van der Waals surface area contributed by atoms with E-state index in [1.54, 1.807) is 60.0 Å². The molecule has 2 aromatic carbocycles. The van der Waals surface area contributed by atoms with Crippen LogP contribution < -0.4 is 9.64 Å². The number of halogens is 1. The molecule has 1 saturated heterocycles. The quantitative estimate of drug-likeness (QED) is 0.0483. The molecule has 0 aliphatic carbocycles. The molecule has 0 bridgehead atoms. The molecule has 9 nitrogen and oxygen atoms in total. The maximum absolute atomic E-state index is 13.7. The van der Waals surface area contributed by atoms with E-state index in [1.165, 1.54) is 28.0 Å². The summed E-state index contributed by atoms with van der Waals surface area (Å²) in [4.78, 5) is 33.1. The lowest BCUT2D eigenvalue weighted by Gasteiger charge is -2.22. The minimum atomic E-state index is -0.968. The molecule has 216 valence electrons. The molecule has 43 heavy (non-hydrogen) atoms. The highest BCUT2D eigenvalue weighted by atomic mass is 35.5. The lowest BCUT2D eigenvalue weighted by molar-refractivity contribution is -0.132. The highest BCUT2D eigenvalue weighted by Crippen LogP contribution is 2.44. The van der Waals surface area contributed by atoms with Gasteiger partial charge in [0.1, 0.15) is 23.7 Å². The fraction of sp³-hybridized carbons (Fsp3) is 0.129. The number of ketones is 1. The summed E-state index contributed by atoms with van der Waals surface area (Å²) in [6, 6.07) is 19.0. The van der Waals surface area contributed by atoms with Crippen molar-refractivity contribution in [2.45, 2.75) is 23.1 Å². The van der Waals surface area contributed by atoms with E-state index in [4.69, 9.17) is 16.3 Å². The number of imidazole rings is 1. The van der Waals surface area contributed by atoms with Gasteiger partial charge in [-0.1, -0.05) is 77.7 Å². The van der Waals surface area contributed by atoms with E-state index < -0.39 is 17.7 Å². The number of carbonyl (C=O) groups excluding carboxylic acids is 2. The summed E-state index contributed by atoms with van der Waals surface area (Å²) in [7, 11) is 0. The number of anilines is 1. The van der Waals surface area contributed by atoms with Crippen LogP contribution in [0.2, 0.25) is 5.02 Å². The first-order valence-electron chi connectivity index (χ1n) is 13.1. The first-order chi connectivity index (χ1) is 20.9. The predicted molar refractivity (Wildman–Crippen MR) is 168 cm³/mol. The van der Waals surface area contributed by atoms with E-state index >= 15 is 0 Å². The van der Waals surface area contributed by atoms with Gasteiger partial charge in [0.15, 0.2) is 10.1 Å². The number of carbonyl (C=O) groups is 2. The average molecular weight is 630 g/mol. The number of nitrogens with zero attached hydrogens (tertiary/aromatic N) is 5. The third-order valence-electron chi connectivity index (χ3n) is 6.81. The van der Waals surface area contributed by atoms with Crippen LogP contribution in [0.4, 0.5) is 5.13 Å². The van der Waals surface area contributed by atoms with Gasteiger partial charge in [-0.15, -0.1) is 10.2 Å². The normalized spacial score (nSPS) is 16.2. The third kappa shape index (κ3) is 5.54. The molecule has 4 heterocycles. The summed E-state index contributed by atoms with van der Waals surface area (Å²) < 4.78 is 7.94. The second-order valence-electron chi connectivity index (χ2n) is 9.58.